The van der Waals surface area contributed by atoms with E-state index in [0.29, 0.717) is 5.95 Å². The van der Waals surface area contributed by atoms with Crippen LogP contribution in [0.25, 0.3) is 0 Å². The lowest BCUT2D eigenvalue weighted by Crippen LogP contribution is -2.32. The van der Waals surface area contributed by atoms with E-state index in [2.05, 4.69) is 51.4 Å². The van der Waals surface area contributed by atoms with Crippen LogP contribution in [0.15, 0.2) is 29.1 Å². The van der Waals surface area contributed by atoms with Crippen LogP contribution < -0.4 is 10.9 Å². The summed E-state index contributed by atoms with van der Waals surface area (Å²) in [5.41, 5.74) is 4.12. The summed E-state index contributed by atoms with van der Waals surface area (Å²) in [5, 5.41) is 3.25. The molecule has 1 aliphatic carbocycles. The second-order valence-corrected chi connectivity index (χ2v) is 7.83. The van der Waals surface area contributed by atoms with E-state index in [1.54, 1.807) is 0 Å². The molecule has 138 valence electrons. The molecule has 2 aliphatic rings. The maximum atomic E-state index is 12.2. The quantitative estimate of drug-likeness (QED) is 0.882. The molecular weight excluding hydrogens is 324 g/mol. The van der Waals surface area contributed by atoms with Crippen LogP contribution in [0.3, 0.4) is 0 Å². The molecule has 0 saturated carbocycles. The second-order valence-electron chi connectivity index (χ2n) is 7.83. The number of aromatic amines is 1. The van der Waals surface area contributed by atoms with E-state index in [0.717, 1.165) is 55.1 Å². The molecule has 2 aromatic rings. The Hall–Kier alpha value is -2.14. The van der Waals surface area contributed by atoms with E-state index in [1.807, 2.05) is 0 Å². The van der Waals surface area contributed by atoms with Crippen molar-refractivity contribution in [1.82, 2.24) is 14.9 Å². The Labute approximate surface area is 154 Å². The van der Waals surface area contributed by atoms with Gasteiger partial charge in [-0.25, -0.2) is 4.98 Å². The molecule has 5 nitrogen and oxygen atoms in total. The second kappa shape index (κ2) is 7.62. The molecule has 26 heavy (non-hydrogen) atoms. The van der Waals surface area contributed by atoms with E-state index < -0.39 is 0 Å². The topological polar surface area (TPSA) is 61.0 Å². The van der Waals surface area contributed by atoms with E-state index in [-0.39, 0.29) is 5.56 Å². The van der Waals surface area contributed by atoms with Crippen LogP contribution in [0, 0.1) is 5.92 Å². The maximum Gasteiger partial charge on any atom is 0.255 e. The van der Waals surface area contributed by atoms with Gasteiger partial charge in [0.1, 0.15) is 0 Å². The van der Waals surface area contributed by atoms with Gasteiger partial charge in [0.2, 0.25) is 5.95 Å². The molecule has 2 heterocycles. The van der Waals surface area contributed by atoms with Crippen molar-refractivity contribution in [2.45, 2.75) is 52.0 Å². The molecule has 1 aromatic carbocycles. The van der Waals surface area contributed by atoms with Crippen LogP contribution in [0.1, 0.15) is 49.4 Å². The van der Waals surface area contributed by atoms with Crippen LogP contribution in [0.2, 0.25) is 0 Å². The number of benzene rings is 1. The van der Waals surface area contributed by atoms with Crippen LogP contribution in [0.4, 0.5) is 11.6 Å². The van der Waals surface area contributed by atoms with Gasteiger partial charge in [0.05, 0.1) is 5.69 Å². The summed E-state index contributed by atoms with van der Waals surface area (Å²) < 4.78 is 0. The smallest absolute Gasteiger partial charge is 0.255 e. The van der Waals surface area contributed by atoms with Gasteiger partial charge in [0.25, 0.3) is 5.56 Å². The first-order chi connectivity index (χ1) is 12.7. The number of H-pyrrole nitrogens is 1. The van der Waals surface area contributed by atoms with Gasteiger partial charge in [-0.05, 0) is 75.2 Å². The molecular formula is C21H28N4O. The molecule has 0 spiro atoms. The Morgan fingerprint density at radius 3 is 2.65 bits per heavy atom. The van der Waals surface area contributed by atoms with E-state index in [9.17, 15) is 4.79 Å². The zero-order valence-electron chi connectivity index (χ0n) is 15.6. The minimum Gasteiger partial charge on any atom is -0.326 e. The minimum absolute atomic E-state index is 0.00754. The lowest BCUT2D eigenvalue weighted by Gasteiger charge is -2.30. The molecule has 0 amide bonds. The molecule has 2 N–H and O–H groups in total. The molecule has 0 bridgehead atoms. The summed E-state index contributed by atoms with van der Waals surface area (Å²) in [5.74, 6) is 1.41. The monoisotopic (exact) mass is 352 g/mol. The molecule has 1 fully saturated rings. The SMILES string of the molecule is CC1CCN(Cc2ccc(Nc3nc4c(c(=O)[nH]3)CCCC4)cc2)CC1. The van der Waals surface area contributed by atoms with Gasteiger partial charge in [-0.1, -0.05) is 19.1 Å². The Morgan fingerprint density at radius 1 is 1.15 bits per heavy atom. The van der Waals surface area contributed by atoms with Gasteiger partial charge in [-0.2, -0.15) is 0 Å². The van der Waals surface area contributed by atoms with Crippen LogP contribution >= 0.6 is 0 Å². The first kappa shape index (κ1) is 17.3. The summed E-state index contributed by atoms with van der Waals surface area (Å²) in [6.45, 7) is 5.75. The Kier molecular flexibility index (Phi) is 5.07. The van der Waals surface area contributed by atoms with Gasteiger partial charge < -0.3 is 5.32 Å². The zero-order chi connectivity index (χ0) is 17.9. The fourth-order valence-corrected chi connectivity index (χ4v) is 3.97. The first-order valence-electron chi connectivity index (χ1n) is 9.88. The molecule has 4 rings (SSSR count). The van der Waals surface area contributed by atoms with Crippen LogP contribution in [-0.4, -0.2) is 28.0 Å². The average molecular weight is 352 g/mol. The molecule has 0 unspecified atom stereocenters. The third kappa shape index (κ3) is 3.98. The number of rotatable bonds is 4. The van der Waals surface area contributed by atoms with Crippen molar-refractivity contribution in [3.8, 4) is 0 Å². The Morgan fingerprint density at radius 2 is 1.88 bits per heavy atom. The number of hydrogen-bond donors (Lipinski definition) is 2. The number of aromatic nitrogens is 2. The fourth-order valence-electron chi connectivity index (χ4n) is 3.97. The molecule has 0 atom stereocenters. The number of fused-ring (bicyclic) bond motifs is 1. The molecule has 1 aromatic heterocycles. The standard InChI is InChI=1S/C21H28N4O/c1-15-10-12-25(13-11-15)14-16-6-8-17(9-7-16)22-21-23-19-5-3-2-4-18(19)20(26)24-21/h6-9,15H,2-5,10-14H2,1H3,(H2,22,23,24,26). The van der Waals surface area contributed by atoms with Crippen molar-refractivity contribution in [3.05, 3.63) is 51.4 Å². The van der Waals surface area contributed by atoms with Gasteiger partial charge in [-0.15, -0.1) is 0 Å². The number of likely N-dealkylation sites (tertiary alicyclic amines) is 1. The van der Waals surface area contributed by atoms with Crippen molar-refractivity contribution in [2.75, 3.05) is 18.4 Å². The number of hydrogen-bond acceptors (Lipinski definition) is 4. The van der Waals surface area contributed by atoms with Gasteiger partial charge in [0.15, 0.2) is 0 Å². The van der Waals surface area contributed by atoms with Crippen molar-refractivity contribution >= 4 is 11.6 Å². The summed E-state index contributed by atoms with van der Waals surface area (Å²) in [7, 11) is 0. The summed E-state index contributed by atoms with van der Waals surface area (Å²) in [6, 6.07) is 8.47. The van der Waals surface area contributed by atoms with Gasteiger partial charge in [-0.3, -0.25) is 14.7 Å². The minimum atomic E-state index is 0.00754. The summed E-state index contributed by atoms with van der Waals surface area (Å²) in [6.07, 6.45) is 6.56. The predicted molar refractivity (Wildman–Crippen MR) is 105 cm³/mol. The van der Waals surface area contributed by atoms with Gasteiger partial charge >= 0.3 is 0 Å². The van der Waals surface area contributed by atoms with Crippen molar-refractivity contribution in [2.24, 2.45) is 5.92 Å². The largest absolute Gasteiger partial charge is 0.326 e. The van der Waals surface area contributed by atoms with Crippen molar-refractivity contribution < 1.29 is 0 Å². The highest BCUT2D eigenvalue weighted by molar-refractivity contribution is 5.54. The molecule has 1 aliphatic heterocycles. The number of nitrogens with zero attached hydrogens (tertiary/aromatic N) is 2. The maximum absolute atomic E-state index is 12.2. The van der Waals surface area contributed by atoms with Crippen molar-refractivity contribution in [3.63, 3.8) is 0 Å². The molecule has 5 heteroatoms. The Bertz CT molecular complexity index is 804. The number of nitrogens with one attached hydrogen (secondary N) is 2. The Balaban J connectivity index is 1.41. The predicted octanol–water partition coefficient (Wildman–Crippen LogP) is 3.62. The normalized spacial score (nSPS) is 18.5. The van der Waals surface area contributed by atoms with Gasteiger partial charge in [0, 0.05) is 17.8 Å². The summed E-state index contributed by atoms with van der Waals surface area (Å²) in [4.78, 5) is 22.3. The third-order valence-electron chi connectivity index (χ3n) is 5.69. The van der Waals surface area contributed by atoms with Crippen LogP contribution in [-0.2, 0) is 19.4 Å². The lowest BCUT2D eigenvalue weighted by atomic mass is 9.97. The third-order valence-corrected chi connectivity index (χ3v) is 5.69. The van der Waals surface area contributed by atoms with Crippen molar-refractivity contribution in [1.29, 1.82) is 0 Å². The lowest BCUT2D eigenvalue weighted by molar-refractivity contribution is 0.185. The highest BCUT2D eigenvalue weighted by atomic mass is 16.1. The molecule has 0 radical (unpaired) electrons. The number of piperidine rings is 1. The van der Waals surface area contributed by atoms with Crippen LogP contribution in [0.5, 0.6) is 0 Å². The van der Waals surface area contributed by atoms with E-state index >= 15 is 0 Å². The van der Waals surface area contributed by atoms with E-state index in [4.69, 9.17) is 0 Å². The number of anilines is 2. The highest BCUT2D eigenvalue weighted by Gasteiger charge is 2.16. The summed E-state index contributed by atoms with van der Waals surface area (Å²) >= 11 is 0. The molecule has 1 saturated heterocycles. The highest BCUT2D eigenvalue weighted by Crippen LogP contribution is 2.21. The number of aryl methyl sites for hydroxylation is 1. The van der Waals surface area contributed by atoms with E-state index in [1.165, 1.54) is 31.5 Å². The zero-order valence-corrected chi connectivity index (χ0v) is 15.6. The fraction of sp³-hybridized carbons (Fsp3) is 0.524. The average Bonchev–Trinajstić information content (AvgIpc) is 2.65. The first-order valence-corrected chi connectivity index (χ1v) is 9.88.